The molecule has 1 atom stereocenters. The van der Waals surface area contributed by atoms with Gasteiger partial charge in [0.25, 0.3) is 0 Å². The topological polar surface area (TPSA) is 20.2 Å². The lowest BCUT2D eigenvalue weighted by Gasteiger charge is -2.06. The second-order valence-corrected chi connectivity index (χ2v) is 2.84. The van der Waals surface area contributed by atoms with Crippen molar-refractivity contribution in [2.24, 2.45) is 0 Å². The Kier molecular flexibility index (Phi) is 4.91. The van der Waals surface area contributed by atoms with Crippen LogP contribution in [0.3, 0.4) is 0 Å². The highest BCUT2D eigenvalue weighted by atomic mass is 32.2. The highest BCUT2D eigenvalue weighted by Gasteiger charge is 2.00. The monoisotopic (exact) mass is 146 g/mol. The molecule has 0 radical (unpaired) electrons. The van der Waals surface area contributed by atoms with Crippen LogP contribution in [-0.4, -0.2) is 23.2 Å². The van der Waals surface area contributed by atoms with Gasteiger partial charge in [0.2, 0.25) is 0 Å². The molecule has 0 fully saturated rings. The van der Waals surface area contributed by atoms with Crippen LogP contribution in [0.4, 0.5) is 0 Å². The fourth-order valence-electron chi connectivity index (χ4n) is 0.612. The minimum absolute atomic E-state index is 0.276. The van der Waals surface area contributed by atoms with Crippen molar-refractivity contribution < 1.29 is 5.11 Å². The zero-order valence-corrected chi connectivity index (χ0v) is 7.03. The Hall–Kier alpha value is 0.0500. The van der Waals surface area contributed by atoms with Gasteiger partial charge in [-0.3, -0.25) is 0 Å². The number of rotatable bonds is 3. The van der Waals surface area contributed by atoms with Crippen LogP contribution < -0.4 is 0 Å². The van der Waals surface area contributed by atoms with Crippen molar-refractivity contribution in [1.29, 1.82) is 0 Å². The molecule has 0 aromatic rings. The molecule has 0 amide bonds. The zero-order valence-electron chi connectivity index (χ0n) is 6.22. The van der Waals surface area contributed by atoms with E-state index in [9.17, 15) is 0 Å². The Labute approximate surface area is 61.2 Å². The average Bonchev–Trinajstić information content (AvgIpc) is 1.82. The predicted molar refractivity (Wildman–Crippen MR) is 43.8 cm³/mol. The van der Waals surface area contributed by atoms with Gasteiger partial charge in [-0.15, -0.1) is 0 Å². The smallest absolute Gasteiger partial charge is 0.0729 e. The van der Waals surface area contributed by atoms with E-state index in [4.69, 9.17) is 5.11 Å². The Morgan fingerprint density at radius 3 is 2.44 bits per heavy atom. The molecule has 0 heterocycles. The van der Waals surface area contributed by atoms with Crippen molar-refractivity contribution >= 4 is 11.8 Å². The van der Waals surface area contributed by atoms with Crippen molar-refractivity contribution in [3.05, 3.63) is 11.6 Å². The highest BCUT2D eigenvalue weighted by molar-refractivity contribution is 7.98. The molecule has 1 nitrogen and oxygen atoms in total. The van der Waals surface area contributed by atoms with E-state index >= 15 is 0 Å². The summed E-state index contributed by atoms with van der Waals surface area (Å²) in [6.45, 7) is 3.75. The quantitative estimate of drug-likeness (QED) is 0.611. The van der Waals surface area contributed by atoms with Gasteiger partial charge in [0.05, 0.1) is 6.10 Å². The fourth-order valence-corrected chi connectivity index (χ4v) is 1.35. The minimum Gasteiger partial charge on any atom is -0.389 e. The van der Waals surface area contributed by atoms with Gasteiger partial charge >= 0.3 is 0 Å². The summed E-state index contributed by atoms with van der Waals surface area (Å²) in [5.74, 6) is 0.939. The van der Waals surface area contributed by atoms with Crippen molar-refractivity contribution in [2.45, 2.75) is 20.0 Å². The molecule has 0 aromatic carbocycles. The standard InChI is InChI=1S/C7H14OS/c1-4-7(5-9-3)6(2)8/h4,6,8H,5H2,1-3H3/b7-4+. The van der Waals surface area contributed by atoms with E-state index in [1.807, 2.05) is 19.3 Å². The summed E-state index contributed by atoms with van der Waals surface area (Å²) in [7, 11) is 0. The van der Waals surface area contributed by atoms with E-state index in [0.29, 0.717) is 0 Å². The summed E-state index contributed by atoms with van der Waals surface area (Å²) in [6, 6.07) is 0. The maximum atomic E-state index is 9.06. The molecular weight excluding hydrogens is 132 g/mol. The summed E-state index contributed by atoms with van der Waals surface area (Å²) < 4.78 is 0. The van der Waals surface area contributed by atoms with Crippen molar-refractivity contribution in [2.75, 3.05) is 12.0 Å². The molecule has 0 saturated carbocycles. The normalized spacial score (nSPS) is 15.8. The van der Waals surface area contributed by atoms with E-state index in [1.54, 1.807) is 18.7 Å². The second kappa shape index (κ2) is 4.89. The van der Waals surface area contributed by atoms with E-state index < -0.39 is 0 Å². The number of aliphatic hydroxyl groups is 1. The molecule has 0 rings (SSSR count). The molecule has 0 saturated heterocycles. The van der Waals surface area contributed by atoms with Crippen LogP contribution >= 0.6 is 11.8 Å². The lowest BCUT2D eigenvalue weighted by Crippen LogP contribution is -2.05. The zero-order chi connectivity index (χ0) is 7.28. The van der Waals surface area contributed by atoms with E-state index in [2.05, 4.69) is 0 Å². The molecule has 1 N–H and O–H groups in total. The fraction of sp³-hybridized carbons (Fsp3) is 0.714. The van der Waals surface area contributed by atoms with Crippen LogP contribution in [0, 0.1) is 0 Å². The Morgan fingerprint density at radius 1 is 1.78 bits per heavy atom. The summed E-state index contributed by atoms with van der Waals surface area (Å²) in [6.07, 6.45) is 3.73. The number of hydrogen-bond donors (Lipinski definition) is 1. The van der Waals surface area contributed by atoms with Crippen molar-refractivity contribution in [1.82, 2.24) is 0 Å². The molecule has 2 heteroatoms. The van der Waals surface area contributed by atoms with E-state index in [-0.39, 0.29) is 6.10 Å². The summed E-state index contributed by atoms with van der Waals surface area (Å²) in [5, 5.41) is 9.06. The Bertz CT molecular complexity index is 97.1. The summed E-state index contributed by atoms with van der Waals surface area (Å²) in [4.78, 5) is 0. The van der Waals surface area contributed by atoms with Gasteiger partial charge in [-0.25, -0.2) is 0 Å². The van der Waals surface area contributed by atoms with Gasteiger partial charge in [-0.2, -0.15) is 11.8 Å². The Morgan fingerprint density at radius 2 is 2.33 bits per heavy atom. The maximum absolute atomic E-state index is 9.06. The number of allylic oxidation sites excluding steroid dienone is 1. The van der Waals surface area contributed by atoms with Crippen LogP contribution in [0.1, 0.15) is 13.8 Å². The van der Waals surface area contributed by atoms with Crippen molar-refractivity contribution in [3.8, 4) is 0 Å². The maximum Gasteiger partial charge on any atom is 0.0729 e. The minimum atomic E-state index is -0.276. The first kappa shape index (κ1) is 9.05. The van der Waals surface area contributed by atoms with Gasteiger partial charge in [-0.05, 0) is 25.7 Å². The highest BCUT2D eigenvalue weighted by Crippen LogP contribution is 2.07. The molecule has 0 aromatic heterocycles. The second-order valence-electron chi connectivity index (χ2n) is 1.97. The van der Waals surface area contributed by atoms with Crippen LogP contribution in [0.15, 0.2) is 11.6 Å². The van der Waals surface area contributed by atoms with Gasteiger partial charge in [0, 0.05) is 5.75 Å². The molecule has 0 aliphatic rings. The molecule has 0 bridgehead atoms. The predicted octanol–water partition coefficient (Wildman–Crippen LogP) is 1.68. The SMILES string of the molecule is C/C=C(\CSC)C(C)O. The third kappa shape index (κ3) is 3.60. The summed E-state index contributed by atoms with van der Waals surface area (Å²) in [5.41, 5.74) is 1.11. The van der Waals surface area contributed by atoms with Gasteiger partial charge < -0.3 is 5.11 Å². The van der Waals surface area contributed by atoms with Gasteiger partial charge in [0.15, 0.2) is 0 Å². The third-order valence-electron chi connectivity index (χ3n) is 1.22. The molecule has 9 heavy (non-hydrogen) atoms. The lowest BCUT2D eigenvalue weighted by atomic mass is 10.2. The van der Waals surface area contributed by atoms with Gasteiger partial charge in [0.1, 0.15) is 0 Å². The van der Waals surface area contributed by atoms with Gasteiger partial charge in [-0.1, -0.05) is 6.08 Å². The van der Waals surface area contributed by atoms with E-state index in [1.165, 1.54) is 0 Å². The molecule has 0 aliphatic heterocycles. The first-order valence-electron chi connectivity index (χ1n) is 3.04. The van der Waals surface area contributed by atoms with Crippen LogP contribution in [0.2, 0.25) is 0 Å². The first-order valence-corrected chi connectivity index (χ1v) is 4.43. The van der Waals surface area contributed by atoms with Crippen LogP contribution in [0.5, 0.6) is 0 Å². The van der Waals surface area contributed by atoms with Crippen LogP contribution in [0.25, 0.3) is 0 Å². The molecule has 1 unspecified atom stereocenters. The average molecular weight is 146 g/mol. The van der Waals surface area contributed by atoms with E-state index in [0.717, 1.165) is 11.3 Å². The number of thioether (sulfide) groups is 1. The molecule has 0 aliphatic carbocycles. The number of hydrogen-bond acceptors (Lipinski definition) is 2. The first-order chi connectivity index (χ1) is 4.22. The molecule has 54 valence electrons. The lowest BCUT2D eigenvalue weighted by molar-refractivity contribution is 0.232. The van der Waals surface area contributed by atoms with Crippen molar-refractivity contribution in [3.63, 3.8) is 0 Å². The number of aliphatic hydroxyl groups excluding tert-OH is 1. The molecule has 0 spiro atoms. The van der Waals surface area contributed by atoms with Crippen LogP contribution in [-0.2, 0) is 0 Å². The third-order valence-corrected chi connectivity index (χ3v) is 1.84. The summed E-state index contributed by atoms with van der Waals surface area (Å²) >= 11 is 1.73. The molecular formula is C7H14OS. The Balaban J connectivity index is 3.70. The largest absolute Gasteiger partial charge is 0.389 e.